The van der Waals surface area contributed by atoms with Crippen LogP contribution >= 0.6 is 0 Å². The predicted molar refractivity (Wildman–Crippen MR) is 46.8 cm³/mol. The van der Waals surface area contributed by atoms with E-state index in [0.717, 1.165) is 7.11 Å². The highest BCUT2D eigenvalue weighted by Crippen LogP contribution is 2.36. The molecule has 0 amide bonds. The van der Waals surface area contributed by atoms with Gasteiger partial charge in [-0.3, -0.25) is 0 Å². The molecule has 0 radical (unpaired) electrons. The normalized spacial score (nSPS) is 11.7. The van der Waals surface area contributed by atoms with E-state index in [1.807, 2.05) is 0 Å². The average molecular weight is 258 g/mol. The summed E-state index contributed by atoms with van der Waals surface area (Å²) < 4.78 is 68.6. The van der Waals surface area contributed by atoms with E-state index < -0.39 is 35.8 Å². The van der Waals surface area contributed by atoms with Crippen LogP contribution in [-0.2, 0) is 0 Å². The summed E-state index contributed by atoms with van der Waals surface area (Å²) >= 11 is 0. The zero-order valence-corrected chi connectivity index (χ0v) is 8.39. The van der Waals surface area contributed by atoms with Crippen LogP contribution in [0.4, 0.5) is 27.8 Å². The molecule has 1 rings (SSSR count). The molecule has 0 aliphatic rings. The number of hydrogen-bond donors (Lipinski definition) is 1. The molecule has 96 valence electrons. The average Bonchev–Trinajstić information content (AvgIpc) is 2.17. The Morgan fingerprint density at radius 3 is 2.35 bits per heavy atom. The lowest BCUT2D eigenvalue weighted by atomic mass is 10.2. The fraction of sp³-hybridized carbons (Fsp3) is 0.375. The van der Waals surface area contributed by atoms with Crippen molar-refractivity contribution in [3.8, 4) is 11.6 Å². The molecule has 4 nitrogen and oxygen atoms in total. The topological polar surface area (TPSA) is 57.4 Å². The van der Waals surface area contributed by atoms with Crippen LogP contribution in [0.25, 0.3) is 0 Å². The van der Waals surface area contributed by atoms with Crippen molar-refractivity contribution in [2.45, 2.75) is 12.8 Å². The Bertz CT molecular complexity index is 408. The Kier molecular flexibility index (Phi) is 3.59. The molecular weight excluding hydrogens is 251 g/mol. The van der Waals surface area contributed by atoms with Gasteiger partial charge in [-0.1, -0.05) is 0 Å². The van der Waals surface area contributed by atoms with Crippen molar-refractivity contribution in [3.05, 3.63) is 11.6 Å². The molecule has 0 spiro atoms. The number of halogens is 5. The SMILES string of the molecule is COc1nc(N)c(C(F)F)cc1OC(F)(F)F. The summed E-state index contributed by atoms with van der Waals surface area (Å²) in [5, 5.41) is 0. The van der Waals surface area contributed by atoms with Gasteiger partial charge in [0.25, 0.3) is 12.3 Å². The van der Waals surface area contributed by atoms with E-state index in [2.05, 4.69) is 14.5 Å². The zero-order chi connectivity index (χ0) is 13.2. The number of alkyl halides is 5. The summed E-state index contributed by atoms with van der Waals surface area (Å²) in [5.74, 6) is -2.21. The molecule has 0 unspecified atom stereocenters. The van der Waals surface area contributed by atoms with Crippen LogP contribution in [0.1, 0.15) is 12.0 Å². The summed E-state index contributed by atoms with van der Waals surface area (Å²) in [6, 6.07) is 0.444. The summed E-state index contributed by atoms with van der Waals surface area (Å²) in [6.45, 7) is 0. The first kappa shape index (κ1) is 13.3. The maximum Gasteiger partial charge on any atom is 0.573 e. The Hall–Kier alpha value is -1.80. The van der Waals surface area contributed by atoms with Crippen molar-refractivity contribution in [3.63, 3.8) is 0 Å². The third-order valence-corrected chi connectivity index (χ3v) is 1.67. The van der Waals surface area contributed by atoms with Crippen LogP contribution in [0.5, 0.6) is 11.6 Å². The van der Waals surface area contributed by atoms with E-state index >= 15 is 0 Å². The quantitative estimate of drug-likeness (QED) is 0.846. The molecule has 0 saturated heterocycles. The number of pyridine rings is 1. The zero-order valence-electron chi connectivity index (χ0n) is 8.39. The molecule has 2 N–H and O–H groups in total. The Labute approximate surface area is 92.1 Å². The highest BCUT2D eigenvalue weighted by molar-refractivity contribution is 5.49. The van der Waals surface area contributed by atoms with Gasteiger partial charge in [-0.05, 0) is 6.07 Å². The second-order valence-electron chi connectivity index (χ2n) is 2.82. The predicted octanol–water partition coefficient (Wildman–Crippen LogP) is 2.51. The van der Waals surface area contributed by atoms with Crippen LogP contribution in [0.2, 0.25) is 0 Å². The largest absolute Gasteiger partial charge is 0.573 e. The third kappa shape index (κ3) is 3.33. The molecule has 1 heterocycles. The number of aromatic nitrogens is 1. The van der Waals surface area contributed by atoms with Crippen molar-refractivity contribution in [2.75, 3.05) is 12.8 Å². The molecule has 9 heteroatoms. The minimum absolute atomic E-state index is 0.444. The summed E-state index contributed by atoms with van der Waals surface area (Å²) in [5.41, 5.74) is 4.27. The maximum absolute atomic E-state index is 12.4. The standard InChI is InChI=1S/C8H7F5N2O2/c1-16-7-4(17-8(11,12)13)2-3(5(9)10)6(14)15-7/h2,5H,1H3,(H2,14,15). The number of nitrogen functional groups attached to an aromatic ring is 1. The van der Waals surface area contributed by atoms with Crippen LogP contribution in [0.15, 0.2) is 6.07 Å². The monoisotopic (exact) mass is 258 g/mol. The first-order valence-electron chi connectivity index (χ1n) is 4.13. The minimum Gasteiger partial charge on any atom is -0.478 e. The lowest BCUT2D eigenvalue weighted by Crippen LogP contribution is -2.18. The van der Waals surface area contributed by atoms with E-state index in [1.165, 1.54) is 0 Å². The second-order valence-corrected chi connectivity index (χ2v) is 2.82. The molecule has 0 aromatic carbocycles. The Balaban J connectivity index is 3.22. The molecule has 0 saturated carbocycles. The van der Waals surface area contributed by atoms with Gasteiger partial charge in [0.1, 0.15) is 5.82 Å². The van der Waals surface area contributed by atoms with Crippen LogP contribution < -0.4 is 15.2 Å². The Morgan fingerprint density at radius 1 is 1.35 bits per heavy atom. The van der Waals surface area contributed by atoms with Gasteiger partial charge in [0.15, 0.2) is 5.75 Å². The molecule has 1 aromatic heterocycles. The van der Waals surface area contributed by atoms with Crippen LogP contribution in [0, 0.1) is 0 Å². The van der Waals surface area contributed by atoms with Gasteiger partial charge in [-0.2, -0.15) is 4.98 Å². The lowest BCUT2D eigenvalue weighted by molar-refractivity contribution is -0.275. The van der Waals surface area contributed by atoms with E-state index in [9.17, 15) is 22.0 Å². The lowest BCUT2D eigenvalue weighted by Gasteiger charge is -2.14. The van der Waals surface area contributed by atoms with Gasteiger partial charge in [0.05, 0.1) is 12.7 Å². The number of nitrogens with two attached hydrogens (primary N) is 1. The Morgan fingerprint density at radius 2 is 1.94 bits per heavy atom. The van der Waals surface area contributed by atoms with E-state index in [-0.39, 0.29) is 0 Å². The highest BCUT2D eigenvalue weighted by atomic mass is 19.4. The minimum atomic E-state index is -5.04. The van der Waals surface area contributed by atoms with Gasteiger partial charge in [-0.15, -0.1) is 13.2 Å². The van der Waals surface area contributed by atoms with Crippen molar-refractivity contribution in [1.82, 2.24) is 4.98 Å². The fourth-order valence-electron chi connectivity index (χ4n) is 1.02. The number of methoxy groups -OCH3 is 1. The first-order valence-corrected chi connectivity index (χ1v) is 4.13. The number of ether oxygens (including phenoxy) is 2. The van der Waals surface area contributed by atoms with Crippen molar-refractivity contribution in [2.24, 2.45) is 0 Å². The summed E-state index contributed by atoms with van der Waals surface area (Å²) in [6.07, 6.45) is -8.10. The molecule has 0 aliphatic carbocycles. The molecular formula is C8H7F5N2O2. The summed E-state index contributed by atoms with van der Waals surface area (Å²) in [7, 11) is 1.01. The van der Waals surface area contributed by atoms with Gasteiger partial charge in [0, 0.05) is 0 Å². The number of hydrogen-bond acceptors (Lipinski definition) is 4. The number of nitrogens with zero attached hydrogens (tertiary/aromatic N) is 1. The van der Waals surface area contributed by atoms with E-state index in [4.69, 9.17) is 5.73 Å². The smallest absolute Gasteiger partial charge is 0.478 e. The molecule has 17 heavy (non-hydrogen) atoms. The number of anilines is 1. The van der Waals surface area contributed by atoms with E-state index in [1.54, 1.807) is 0 Å². The number of rotatable bonds is 3. The van der Waals surface area contributed by atoms with Crippen LogP contribution in [-0.4, -0.2) is 18.5 Å². The van der Waals surface area contributed by atoms with Gasteiger partial charge < -0.3 is 15.2 Å². The summed E-state index contributed by atoms with van der Waals surface area (Å²) in [4.78, 5) is 3.25. The molecule has 0 bridgehead atoms. The van der Waals surface area contributed by atoms with Crippen molar-refractivity contribution < 1.29 is 31.4 Å². The highest BCUT2D eigenvalue weighted by Gasteiger charge is 2.33. The molecule has 0 aliphatic heterocycles. The van der Waals surface area contributed by atoms with E-state index in [0.29, 0.717) is 6.07 Å². The van der Waals surface area contributed by atoms with Crippen molar-refractivity contribution in [1.29, 1.82) is 0 Å². The van der Waals surface area contributed by atoms with Gasteiger partial charge in [0.2, 0.25) is 0 Å². The van der Waals surface area contributed by atoms with Crippen LogP contribution in [0.3, 0.4) is 0 Å². The van der Waals surface area contributed by atoms with Crippen molar-refractivity contribution >= 4 is 5.82 Å². The third-order valence-electron chi connectivity index (χ3n) is 1.67. The molecule has 0 fully saturated rings. The van der Waals surface area contributed by atoms with Gasteiger partial charge >= 0.3 is 6.36 Å². The fourth-order valence-corrected chi connectivity index (χ4v) is 1.02. The second kappa shape index (κ2) is 4.60. The molecule has 1 aromatic rings. The first-order chi connectivity index (χ1) is 7.74. The molecule has 0 atom stereocenters. The maximum atomic E-state index is 12.4. The van der Waals surface area contributed by atoms with Gasteiger partial charge in [-0.25, -0.2) is 8.78 Å².